The van der Waals surface area contributed by atoms with E-state index in [0.717, 1.165) is 49.0 Å². The van der Waals surface area contributed by atoms with E-state index in [-0.39, 0.29) is 5.91 Å². The van der Waals surface area contributed by atoms with Gasteiger partial charge in [-0.2, -0.15) is 0 Å². The van der Waals surface area contributed by atoms with Crippen molar-refractivity contribution in [1.82, 2.24) is 4.90 Å². The zero-order chi connectivity index (χ0) is 24.1. The van der Waals surface area contributed by atoms with Crippen LogP contribution in [0.1, 0.15) is 15.9 Å². The van der Waals surface area contributed by atoms with Crippen LogP contribution in [0.2, 0.25) is 10.0 Å². The van der Waals surface area contributed by atoms with E-state index in [9.17, 15) is 4.79 Å². The molecule has 8 heteroatoms. The molecule has 0 unspecified atom stereocenters. The zero-order valence-electron chi connectivity index (χ0n) is 19.2. The Hall–Kier alpha value is -2.93. The van der Waals surface area contributed by atoms with Crippen molar-refractivity contribution in [2.45, 2.75) is 6.54 Å². The number of benzene rings is 3. The number of hydrogen-bond donors (Lipinski definition) is 1. The van der Waals surface area contributed by atoms with Crippen molar-refractivity contribution in [3.05, 3.63) is 81.8 Å². The van der Waals surface area contributed by atoms with Gasteiger partial charge in [0.1, 0.15) is 17.1 Å². The van der Waals surface area contributed by atoms with E-state index >= 15 is 0 Å². The van der Waals surface area contributed by atoms with E-state index in [4.69, 9.17) is 32.7 Å². The monoisotopic (exact) mass is 499 g/mol. The van der Waals surface area contributed by atoms with Crippen LogP contribution >= 0.6 is 23.2 Å². The number of halogens is 2. The van der Waals surface area contributed by atoms with E-state index in [1.807, 2.05) is 30.3 Å². The van der Waals surface area contributed by atoms with Crippen molar-refractivity contribution in [2.75, 3.05) is 50.6 Å². The van der Waals surface area contributed by atoms with Crippen LogP contribution in [0.15, 0.2) is 60.7 Å². The molecule has 3 aromatic rings. The van der Waals surface area contributed by atoms with Crippen LogP contribution in [0.3, 0.4) is 0 Å². The number of anilines is 2. The number of carbonyl (C=O) groups is 1. The number of rotatable bonds is 7. The molecule has 1 heterocycles. The molecule has 178 valence electrons. The number of nitrogens with zero attached hydrogens (tertiary/aromatic N) is 2. The van der Waals surface area contributed by atoms with E-state index in [2.05, 4.69) is 21.2 Å². The third-order valence-corrected chi connectivity index (χ3v) is 6.60. The van der Waals surface area contributed by atoms with E-state index in [1.54, 1.807) is 24.3 Å². The number of methoxy groups -OCH3 is 2. The summed E-state index contributed by atoms with van der Waals surface area (Å²) in [6, 6.07) is 18.7. The van der Waals surface area contributed by atoms with Crippen LogP contribution in [0, 0.1) is 0 Å². The van der Waals surface area contributed by atoms with Gasteiger partial charge in [-0.3, -0.25) is 9.69 Å². The lowest BCUT2D eigenvalue weighted by molar-refractivity contribution is 0.102. The standard InChI is InChI=1S/C26H27Cl2N3O3/c1-33-23-8-5-9-24(34-2)25(23)26(32)29-19-10-11-22(21(28)16-19)31-14-12-30(13-15-31)17-18-6-3-4-7-20(18)27/h3-11,16H,12-15,17H2,1-2H3,(H,29,32). The molecule has 1 N–H and O–H groups in total. The maximum absolute atomic E-state index is 12.9. The van der Waals surface area contributed by atoms with Gasteiger partial charge in [0, 0.05) is 43.4 Å². The largest absolute Gasteiger partial charge is 0.496 e. The van der Waals surface area contributed by atoms with Gasteiger partial charge < -0.3 is 19.7 Å². The highest BCUT2D eigenvalue weighted by Gasteiger charge is 2.21. The predicted molar refractivity (Wildman–Crippen MR) is 138 cm³/mol. The molecule has 0 spiro atoms. The maximum Gasteiger partial charge on any atom is 0.263 e. The van der Waals surface area contributed by atoms with E-state index in [0.29, 0.717) is 27.8 Å². The molecule has 1 aliphatic rings. The van der Waals surface area contributed by atoms with Crippen LogP contribution < -0.4 is 19.7 Å². The number of piperazine rings is 1. The summed E-state index contributed by atoms with van der Waals surface area (Å²) in [4.78, 5) is 17.6. The summed E-state index contributed by atoms with van der Waals surface area (Å²) >= 11 is 12.9. The molecule has 3 aromatic carbocycles. The van der Waals surface area contributed by atoms with Gasteiger partial charge in [-0.15, -0.1) is 0 Å². The second-order valence-corrected chi connectivity index (χ2v) is 8.83. The first-order valence-corrected chi connectivity index (χ1v) is 11.8. The van der Waals surface area contributed by atoms with Gasteiger partial charge in [0.05, 0.1) is 24.9 Å². The average Bonchev–Trinajstić information content (AvgIpc) is 2.85. The molecule has 1 amide bonds. The Kier molecular flexibility index (Phi) is 7.83. The minimum atomic E-state index is -0.327. The molecule has 0 aromatic heterocycles. The van der Waals surface area contributed by atoms with Gasteiger partial charge in [0.15, 0.2) is 0 Å². The minimum absolute atomic E-state index is 0.327. The predicted octanol–water partition coefficient (Wildman–Crippen LogP) is 5.59. The highest BCUT2D eigenvalue weighted by Crippen LogP contribution is 2.32. The smallest absolute Gasteiger partial charge is 0.263 e. The summed E-state index contributed by atoms with van der Waals surface area (Å²) in [5.74, 6) is 0.551. The molecular weight excluding hydrogens is 473 g/mol. The first-order chi connectivity index (χ1) is 16.5. The van der Waals surface area contributed by atoms with Crippen molar-refractivity contribution in [3.8, 4) is 11.5 Å². The Balaban J connectivity index is 1.40. The summed E-state index contributed by atoms with van der Waals surface area (Å²) in [5, 5.41) is 4.29. The molecular formula is C26H27Cl2N3O3. The first kappa shape index (κ1) is 24.2. The molecule has 0 aliphatic carbocycles. The Morgan fingerprint density at radius 1 is 0.882 bits per heavy atom. The Bertz CT molecular complexity index is 1140. The molecule has 0 bridgehead atoms. The van der Waals surface area contributed by atoms with Gasteiger partial charge in [0.2, 0.25) is 0 Å². The number of ether oxygens (including phenoxy) is 2. The molecule has 4 rings (SSSR count). The van der Waals surface area contributed by atoms with Crippen LogP contribution in [0.4, 0.5) is 11.4 Å². The van der Waals surface area contributed by atoms with Crippen molar-refractivity contribution in [2.24, 2.45) is 0 Å². The number of carbonyl (C=O) groups excluding carboxylic acids is 1. The maximum atomic E-state index is 12.9. The van der Waals surface area contributed by atoms with Gasteiger partial charge in [-0.25, -0.2) is 0 Å². The van der Waals surface area contributed by atoms with Crippen LogP contribution in [-0.2, 0) is 6.54 Å². The summed E-state index contributed by atoms with van der Waals surface area (Å²) in [5.41, 5.74) is 3.03. The average molecular weight is 500 g/mol. The van der Waals surface area contributed by atoms with Crippen LogP contribution in [0.5, 0.6) is 11.5 Å². The summed E-state index contributed by atoms with van der Waals surface area (Å²) < 4.78 is 10.7. The fourth-order valence-corrected chi connectivity index (χ4v) is 4.62. The van der Waals surface area contributed by atoms with Gasteiger partial charge in [-0.05, 0) is 42.0 Å². The topological polar surface area (TPSA) is 54.0 Å². The van der Waals surface area contributed by atoms with Crippen molar-refractivity contribution in [3.63, 3.8) is 0 Å². The Labute approximate surface area is 210 Å². The number of hydrogen-bond acceptors (Lipinski definition) is 5. The summed E-state index contributed by atoms with van der Waals surface area (Å²) in [7, 11) is 3.04. The molecule has 1 fully saturated rings. The third-order valence-electron chi connectivity index (χ3n) is 5.93. The molecule has 0 atom stereocenters. The van der Waals surface area contributed by atoms with Gasteiger partial charge in [-0.1, -0.05) is 47.5 Å². The lowest BCUT2D eigenvalue weighted by Crippen LogP contribution is -2.46. The SMILES string of the molecule is COc1cccc(OC)c1C(=O)Nc1ccc(N2CCN(Cc3ccccc3Cl)CC2)c(Cl)c1. The number of nitrogens with one attached hydrogen (secondary N) is 1. The van der Waals surface area contributed by atoms with Gasteiger partial charge in [0.25, 0.3) is 5.91 Å². The van der Waals surface area contributed by atoms with Crippen molar-refractivity contribution < 1.29 is 14.3 Å². The first-order valence-electron chi connectivity index (χ1n) is 11.0. The van der Waals surface area contributed by atoms with Gasteiger partial charge >= 0.3 is 0 Å². The zero-order valence-corrected chi connectivity index (χ0v) is 20.7. The molecule has 0 radical (unpaired) electrons. The molecule has 1 aliphatic heterocycles. The van der Waals surface area contributed by atoms with E-state index < -0.39 is 0 Å². The van der Waals surface area contributed by atoms with Crippen molar-refractivity contribution in [1.29, 1.82) is 0 Å². The minimum Gasteiger partial charge on any atom is -0.496 e. The Morgan fingerprint density at radius 2 is 1.56 bits per heavy atom. The molecule has 34 heavy (non-hydrogen) atoms. The third kappa shape index (κ3) is 5.41. The summed E-state index contributed by atoms with van der Waals surface area (Å²) in [6.07, 6.45) is 0. The lowest BCUT2D eigenvalue weighted by Gasteiger charge is -2.36. The molecule has 1 saturated heterocycles. The Morgan fingerprint density at radius 3 is 2.18 bits per heavy atom. The molecule has 0 saturated carbocycles. The second kappa shape index (κ2) is 11.0. The highest BCUT2D eigenvalue weighted by molar-refractivity contribution is 6.33. The fraction of sp³-hybridized carbons (Fsp3) is 0.269. The second-order valence-electron chi connectivity index (χ2n) is 8.01. The number of amides is 1. The quantitative estimate of drug-likeness (QED) is 0.459. The van der Waals surface area contributed by atoms with E-state index in [1.165, 1.54) is 14.2 Å². The molecule has 6 nitrogen and oxygen atoms in total. The summed E-state index contributed by atoms with van der Waals surface area (Å²) in [6.45, 7) is 4.36. The van der Waals surface area contributed by atoms with Crippen LogP contribution in [-0.4, -0.2) is 51.2 Å². The fourth-order valence-electron chi connectivity index (χ4n) is 4.12. The highest BCUT2D eigenvalue weighted by atomic mass is 35.5. The van der Waals surface area contributed by atoms with Crippen LogP contribution in [0.25, 0.3) is 0 Å². The lowest BCUT2D eigenvalue weighted by atomic mass is 10.1. The van der Waals surface area contributed by atoms with Crippen molar-refractivity contribution >= 4 is 40.5 Å². The normalized spacial score (nSPS) is 14.1.